The summed E-state index contributed by atoms with van der Waals surface area (Å²) in [6.45, 7) is 5.30. The van der Waals surface area contributed by atoms with E-state index in [4.69, 9.17) is 16.3 Å². The number of halogens is 2. The fourth-order valence-corrected chi connectivity index (χ4v) is 9.31. The molecule has 36 heavy (non-hydrogen) atoms. The van der Waals surface area contributed by atoms with Crippen molar-refractivity contribution >= 4 is 29.3 Å². The molecule has 5 aliphatic carbocycles. The SMILES string of the molecule is C[C@@H]1C[C@H]2[C@@H]3C[C@H](F)C4=CC(=O)C=C[C@]4(C)[C@@]3(Cl)[C@@H](O)C[C@]2(C)[C@@]1(OC(=O)C1CCCCC1)C(=O)O. The van der Waals surface area contributed by atoms with E-state index in [1.54, 1.807) is 26.8 Å². The second-order valence-corrected chi connectivity index (χ2v) is 12.9. The molecule has 6 nitrogen and oxygen atoms in total. The van der Waals surface area contributed by atoms with E-state index in [-0.39, 0.29) is 30.1 Å². The summed E-state index contributed by atoms with van der Waals surface area (Å²) in [4.78, 5) is 37.1. The van der Waals surface area contributed by atoms with Crippen LogP contribution in [0.3, 0.4) is 0 Å². The Kier molecular flexibility index (Phi) is 6.03. The Morgan fingerprint density at radius 2 is 1.81 bits per heavy atom. The van der Waals surface area contributed by atoms with Crippen molar-refractivity contribution in [2.75, 3.05) is 0 Å². The largest absolute Gasteiger partial charge is 0.478 e. The minimum Gasteiger partial charge on any atom is -0.478 e. The molecule has 0 spiro atoms. The molecule has 0 radical (unpaired) electrons. The Morgan fingerprint density at radius 3 is 2.44 bits per heavy atom. The third-order valence-corrected chi connectivity index (χ3v) is 11.6. The molecule has 0 bridgehead atoms. The Morgan fingerprint density at radius 1 is 1.14 bits per heavy atom. The first-order chi connectivity index (χ1) is 16.8. The summed E-state index contributed by atoms with van der Waals surface area (Å²) < 4.78 is 21.8. The normalized spacial score (nSPS) is 48.4. The zero-order chi connectivity index (χ0) is 26.3. The number of hydrogen-bond acceptors (Lipinski definition) is 5. The Balaban J connectivity index is 1.58. The summed E-state index contributed by atoms with van der Waals surface area (Å²) in [6.07, 6.45) is 6.20. The molecule has 8 heteroatoms. The lowest BCUT2D eigenvalue weighted by atomic mass is 9.45. The monoisotopic (exact) mass is 522 g/mol. The number of aliphatic hydroxyl groups is 1. The van der Waals surface area contributed by atoms with Gasteiger partial charge in [0, 0.05) is 16.7 Å². The number of ketones is 1. The molecular weight excluding hydrogens is 487 g/mol. The lowest BCUT2D eigenvalue weighted by Crippen LogP contribution is -2.70. The van der Waals surface area contributed by atoms with Crippen LogP contribution in [0.2, 0.25) is 0 Å². The van der Waals surface area contributed by atoms with Crippen LogP contribution in [0.25, 0.3) is 0 Å². The van der Waals surface area contributed by atoms with Gasteiger partial charge in [-0.1, -0.05) is 46.1 Å². The van der Waals surface area contributed by atoms with Crippen molar-refractivity contribution in [1.29, 1.82) is 0 Å². The van der Waals surface area contributed by atoms with Crippen molar-refractivity contribution in [1.82, 2.24) is 0 Å². The molecule has 5 aliphatic rings. The molecule has 0 unspecified atom stereocenters. The van der Waals surface area contributed by atoms with Gasteiger partial charge in [-0.25, -0.2) is 9.18 Å². The summed E-state index contributed by atoms with van der Waals surface area (Å²) in [7, 11) is 0. The highest BCUT2D eigenvalue weighted by Gasteiger charge is 2.77. The van der Waals surface area contributed by atoms with Crippen molar-refractivity contribution in [3.63, 3.8) is 0 Å². The number of hydrogen-bond donors (Lipinski definition) is 2. The van der Waals surface area contributed by atoms with Crippen molar-refractivity contribution in [3.8, 4) is 0 Å². The maximum atomic E-state index is 15.7. The first-order valence-electron chi connectivity index (χ1n) is 13.3. The molecule has 0 saturated heterocycles. The molecule has 0 aromatic carbocycles. The fourth-order valence-electron chi connectivity index (χ4n) is 8.82. The van der Waals surface area contributed by atoms with Crippen LogP contribution in [0.15, 0.2) is 23.8 Å². The maximum absolute atomic E-state index is 15.7. The highest BCUT2D eigenvalue weighted by molar-refractivity contribution is 6.26. The Labute approximate surface area is 216 Å². The second-order valence-electron chi connectivity index (χ2n) is 12.3. The smallest absolute Gasteiger partial charge is 0.349 e. The van der Waals surface area contributed by atoms with E-state index in [2.05, 4.69) is 0 Å². The van der Waals surface area contributed by atoms with Gasteiger partial charge in [0.15, 0.2) is 5.78 Å². The minimum atomic E-state index is -1.84. The molecule has 0 heterocycles. The number of allylic oxidation sites excluding steroid dienone is 4. The van der Waals surface area contributed by atoms with E-state index >= 15 is 4.39 Å². The molecular formula is C28H36ClFO6. The molecule has 0 aliphatic heterocycles. The average molecular weight is 523 g/mol. The molecule has 9 atom stereocenters. The zero-order valence-corrected chi connectivity index (χ0v) is 21.9. The maximum Gasteiger partial charge on any atom is 0.349 e. The number of ether oxygens (including phenoxy) is 1. The van der Waals surface area contributed by atoms with E-state index in [0.717, 1.165) is 19.3 Å². The van der Waals surface area contributed by atoms with Gasteiger partial charge >= 0.3 is 11.9 Å². The predicted molar refractivity (Wildman–Crippen MR) is 131 cm³/mol. The van der Waals surface area contributed by atoms with Crippen LogP contribution in [0.5, 0.6) is 0 Å². The van der Waals surface area contributed by atoms with Crippen molar-refractivity contribution in [2.45, 2.75) is 94.9 Å². The van der Waals surface area contributed by atoms with Crippen LogP contribution in [0.4, 0.5) is 4.39 Å². The lowest BCUT2D eigenvalue weighted by molar-refractivity contribution is -0.216. The van der Waals surface area contributed by atoms with Crippen LogP contribution in [0, 0.1) is 34.5 Å². The van der Waals surface area contributed by atoms with E-state index in [0.29, 0.717) is 19.3 Å². The van der Waals surface area contributed by atoms with Crippen molar-refractivity contribution in [3.05, 3.63) is 23.8 Å². The number of alkyl halides is 2. The quantitative estimate of drug-likeness (QED) is 0.409. The number of carbonyl (C=O) groups is 3. The number of rotatable bonds is 3. The van der Waals surface area contributed by atoms with Crippen molar-refractivity contribution in [2.24, 2.45) is 34.5 Å². The summed E-state index contributed by atoms with van der Waals surface area (Å²) in [6, 6.07) is 0. The van der Waals surface area contributed by atoms with Crippen LogP contribution in [-0.2, 0) is 19.1 Å². The van der Waals surface area contributed by atoms with Crippen LogP contribution >= 0.6 is 11.6 Å². The third-order valence-electron chi connectivity index (χ3n) is 10.7. The molecule has 0 amide bonds. The molecule has 4 fully saturated rings. The van der Waals surface area contributed by atoms with Gasteiger partial charge in [0.05, 0.1) is 16.9 Å². The molecule has 0 aromatic rings. The molecule has 2 N–H and O–H groups in total. The number of aliphatic carboxylic acids is 1. The van der Waals surface area contributed by atoms with Gasteiger partial charge in [0.25, 0.3) is 0 Å². The third kappa shape index (κ3) is 3.14. The van der Waals surface area contributed by atoms with Gasteiger partial charge in [0.1, 0.15) is 6.17 Å². The number of carboxylic acid groups (broad SMARTS) is 1. The summed E-state index contributed by atoms with van der Waals surface area (Å²) >= 11 is 7.36. The van der Waals surface area contributed by atoms with E-state index in [9.17, 15) is 24.6 Å². The van der Waals surface area contributed by atoms with Gasteiger partial charge < -0.3 is 14.9 Å². The Bertz CT molecular complexity index is 1050. The molecule has 0 aromatic heterocycles. The van der Waals surface area contributed by atoms with Gasteiger partial charge in [0.2, 0.25) is 5.60 Å². The van der Waals surface area contributed by atoms with Crippen LogP contribution in [0.1, 0.15) is 72.1 Å². The Hall–Kier alpha value is -1.73. The van der Waals surface area contributed by atoms with Crippen LogP contribution in [-0.4, -0.2) is 50.7 Å². The highest BCUT2D eigenvalue weighted by Crippen LogP contribution is 2.72. The number of fused-ring (bicyclic) bond motifs is 5. The number of carbonyl (C=O) groups excluding carboxylic acids is 2. The minimum absolute atomic E-state index is 0.00609. The molecule has 4 saturated carbocycles. The zero-order valence-electron chi connectivity index (χ0n) is 21.1. The van der Waals surface area contributed by atoms with Gasteiger partial charge in [-0.3, -0.25) is 9.59 Å². The lowest BCUT2D eigenvalue weighted by Gasteiger charge is -2.64. The number of aliphatic hydroxyl groups excluding tert-OH is 1. The summed E-state index contributed by atoms with van der Waals surface area (Å²) in [5, 5.41) is 22.3. The standard InChI is InChI=1S/C28H36ClFO6/c1-15-11-18-19-13-21(30)20-12-17(31)9-10-25(20,2)27(19,29)22(32)14-26(18,3)28(15,24(34)35)36-23(33)16-7-5-4-6-8-16/h9-10,12,15-16,18-19,21-22,32H,4-8,11,13-14H2,1-3H3,(H,34,35)/t15-,18+,19+,21+,22+,25+,26+,27+,28+/m1/s1. The predicted octanol–water partition coefficient (Wildman–Crippen LogP) is 4.77. The highest BCUT2D eigenvalue weighted by atomic mass is 35.5. The van der Waals surface area contributed by atoms with Crippen molar-refractivity contribution < 1.29 is 33.7 Å². The first kappa shape index (κ1) is 25.9. The number of carboxylic acids is 1. The first-order valence-corrected chi connectivity index (χ1v) is 13.6. The van der Waals surface area contributed by atoms with Gasteiger partial charge in [-0.05, 0) is 61.7 Å². The van der Waals surface area contributed by atoms with E-state index < -0.39 is 63.3 Å². The molecule has 5 rings (SSSR count). The number of esters is 1. The fraction of sp³-hybridized carbons (Fsp3) is 0.750. The summed E-state index contributed by atoms with van der Waals surface area (Å²) in [5.41, 5.74) is -3.83. The molecule has 198 valence electrons. The van der Waals surface area contributed by atoms with E-state index in [1.807, 2.05) is 0 Å². The topological polar surface area (TPSA) is 101 Å². The van der Waals surface area contributed by atoms with E-state index in [1.165, 1.54) is 12.2 Å². The van der Waals surface area contributed by atoms with Crippen LogP contribution < -0.4 is 0 Å². The second kappa shape index (κ2) is 8.39. The van der Waals surface area contributed by atoms with Gasteiger partial charge in [-0.15, -0.1) is 11.6 Å². The average Bonchev–Trinajstić information content (AvgIpc) is 3.05. The van der Waals surface area contributed by atoms with Gasteiger partial charge in [-0.2, -0.15) is 0 Å². The summed E-state index contributed by atoms with van der Waals surface area (Å²) in [5.74, 6) is -3.87.